The highest BCUT2D eigenvalue weighted by molar-refractivity contribution is 6.30. The third-order valence-electron chi connectivity index (χ3n) is 3.02. The molecule has 0 amide bonds. The summed E-state index contributed by atoms with van der Waals surface area (Å²) in [6.45, 7) is 4.22. The summed E-state index contributed by atoms with van der Waals surface area (Å²) in [6.07, 6.45) is 0. The molecule has 2 aromatic carbocycles. The third kappa shape index (κ3) is 4.23. The van der Waals surface area contributed by atoms with E-state index in [1.54, 1.807) is 18.2 Å². The summed E-state index contributed by atoms with van der Waals surface area (Å²) in [7, 11) is 0. The van der Waals surface area contributed by atoms with E-state index in [1.165, 1.54) is 6.92 Å². The summed E-state index contributed by atoms with van der Waals surface area (Å²) in [4.78, 5) is 11.5. The van der Waals surface area contributed by atoms with Crippen LogP contribution in [-0.2, 0) is 0 Å². The average molecular weight is 305 g/mol. The Balaban J connectivity index is 1.91. The molecule has 0 aliphatic heterocycles. The minimum absolute atomic E-state index is 0.0165. The number of hydrogen-bond acceptors (Lipinski definition) is 3. The van der Waals surface area contributed by atoms with Crippen molar-refractivity contribution in [3.8, 4) is 11.5 Å². The van der Waals surface area contributed by atoms with Gasteiger partial charge in [0.2, 0.25) is 0 Å². The third-order valence-corrected chi connectivity index (χ3v) is 3.25. The van der Waals surface area contributed by atoms with Gasteiger partial charge in [-0.3, -0.25) is 4.79 Å². The van der Waals surface area contributed by atoms with Crippen LogP contribution in [-0.4, -0.2) is 19.0 Å². The highest BCUT2D eigenvalue weighted by Crippen LogP contribution is 2.22. The van der Waals surface area contributed by atoms with Crippen LogP contribution >= 0.6 is 11.6 Å². The van der Waals surface area contributed by atoms with Crippen molar-refractivity contribution in [1.82, 2.24) is 0 Å². The number of ketones is 1. The Labute approximate surface area is 129 Å². The second kappa shape index (κ2) is 7.14. The molecule has 0 radical (unpaired) electrons. The van der Waals surface area contributed by atoms with E-state index in [1.807, 2.05) is 31.2 Å². The van der Waals surface area contributed by atoms with Crippen molar-refractivity contribution in [3.05, 3.63) is 58.6 Å². The van der Waals surface area contributed by atoms with E-state index in [2.05, 4.69) is 0 Å². The first-order valence-corrected chi connectivity index (χ1v) is 7.07. The van der Waals surface area contributed by atoms with Crippen molar-refractivity contribution >= 4 is 17.4 Å². The maximum Gasteiger partial charge on any atom is 0.163 e. The molecule has 0 saturated heterocycles. The molecule has 2 aromatic rings. The Morgan fingerprint density at radius 2 is 1.71 bits per heavy atom. The molecule has 0 spiro atoms. The molecular weight excluding hydrogens is 288 g/mol. The standard InChI is InChI=1S/C17H17ClO3/c1-12-7-8-14(18)11-17(12)21-10-9-20-16-6-4-3-5-15(16)13(2)19/h3-8,11H,9-10H2,1-2H3. The van der Waals surface area contributed by atoms with E-state index in [9.17, 15) is 4.79 Å². The molecule has 4 heteroatoms. The fraction of sp³-hybridized carbons (Fsp3) is 0.235. The van der Waals surface area contributed by atoms with Crippen molar-refractivity contribution in [1.29, 1.82) is 0 Å². The fourth-order valence-electron chi connectivity index (χ4n) is 1.92. The molecule has 0 aliphatic carbocycles. The van der Waals surface area contributed by atoms with Crippen LogP contribution in [0.4, 0.5) is 0 Å². The maximum absolute atomic E-state index is 11.5. The van der Waals surface area contributed by atoms with Gasteiger partial charge in [-0.05, 0) is 43.7 Å². The van der Waals surface area contributed by atoms with Crippen LogP contribution in [0.2, 0.25) is 5.02 Å². The Hall–Kier alpha value is -2.00. The lowest BCUT2D eigenvalue weighted by atomic mass is 10.1. The lowest BCUT2D eigenvalue weighted by molar-refractivity contribution is 0.101. The molecule has 0 bridgehead atoms. The molecule has 3 nitrogen and oxygen atoms in total. The molecule has 21 heavy (non-hydrogen) atoms. The number of carbonyl (C=O) groups excluding carboxylic acids is 1. The Morgan fingerprint density at radius 3 is 2.43 bits per heavy atom. The topological polar surface area (TPSA) is 35.5 Å². The van der Waals surface area contributed by atoms with E-state index in [4.69, 9.17) is 21.1 Å². The SMILES string of the molecule is CC(=O)c1ccccc1OCCOc1cc(Cl)ccc1C. The summed E-state index contributed by atoms with van der Waals surface area (Å²) in [5.41, 5.74) is 1.60. The number of halogens is 1. The van der Waals surface area contributed by atoms with Crippen LogP contribution < -0.4 is 9.47 Å². The fourth-order valence-corrected chi connectivity index (χ4v) is 2.08. The van der Waals surface area contributed by atoms with Gasteiger partial charge in [0, 0.05) is 5.02 Å². The molecule has 0 aliphatic rings. The predicted molar refractivity (Wildman–Crippen MR) is 83.6 cm³/mol. The number of aryl methyl sites for hydroxylation is 1. The van der Waals surface area contributed by atoms with Gasteiger partial charge in [0.25, 0.3) is 0 Å². The van der Waals surface area contributed by atoms with Crippen LogP contribution in [0.1, 0.15) is 22.8 Å². The summed E-state index contributed by atoms with van der Waals surface area (Å²) in [5, 5.41) is 0.637. The van der Waals surface area contributed by atoms with Crippen molar-refractivity contribution in [2.24, 2.45) is 0 Å². The summed E-state index contributed by atoms with van der Waals surface area (Å²) in [5.74, 6) is 1.31. The number of ether oxygens (including phenoxy) is 2. The van der Waals surface area contributed by atoms with Gasteiger partial charge in [-0.25, -0.2) is 0 Å². The second-order valence-electron chi connectivity index (χ2n) is 4.66. The first-order valence-electron chi connectivity index (χ1n) is 6.69. The van der Waals surface area contributed by atoms with Crippen molar-refractivity contribution in [2.75, 3.05) is 13.2 Å². The Bertz CT molecular complexity index is 638. The van der Waals surface area contributed by atoms with E-state index >= 15 is 0 Å². The molecule has 2 rings (SSSR count). The first-order chi connectivity index (χ1) is 10.1. The molecule has 0 fully saturated rings. The average Bonchev–Trinajstić information content (AvgIpc) is 2.47. The smallest absolute Gasteiger partial charge is 0.163 e. The highest BCUT2D eigenvalue weighted by Gasteiger charge is 2.07. The zero-order valence-electron chi connectivity index (χ0n) is 12.1. The number of hydrogen-bond donors (Lipinski definition) is 0. The van der Waals surface area contributed by atoms with Gasteiger partial charge in [-0.15, -0.1) is 0 Å². The first kappa shape index (κ1) is 15.4. The molecular formula is C17H17ClO3. The highest BCUT2D eigenvalue weighted by atomic mass is 35.5. The van der Waals surface area contributed by atoms with E-state index in [0.29, 0.717) is 29.5 Å². The number of Topliss-reactive ketones (excluding diaryl/α,β-unsaturated/α-hetero) is 1. The van der Waals surface area contributed by atoms with E-state index in [-0.39, 0.29) is 5.78 Å². The van der Waals surface area contributed by atoms with Gasteiger partial charge in [-0.2, -0.15) is 0 Å². The van der Waals surface area contributed by atoms with E-state index in [0.717, 1.165) is 11.3 Å². The van der Waals surface area contributed by atoms with E-state index < -0.39 is 0 Å². The number of carbonyl (C=O) groups is 1. The minimum atomic E-state index is -0.0165. The van der Waals surface area contributed by atoms with Crippen molar-refractivity contribution < 1.29 is 14.3 Å². The monoisotopic (exact) mass is 304 g/mol. The molecule has 0 atom stereocenters. The number of rotatable bonds is 6. The summed E-state index contributed by atoms with van der Waals surface area (Å²) < 4.78 is 11.3. The van der Waals surface area contributed by atoms with Crippen LogP contribution in [0.15, 0.2) is 42.5 Å². The van der Waals surface area contributed by atoms with Crippen LogP contribution in [0.5, 0.6) is 11.5 Å². The molecule has 0 saturated carbocycles. The molecule has 110 valence electrons. The lowest BCUT2D eigenvalue weighted by Gasteiger charge is -2.12. The Kier molecular flexibility index (Phi) is 5.23. The van der Waals surface area contributed by atoms with Gasteiger partial charge in [0.1, 0.15) is 24.7 Å². The zero-order chi connectivity index (χ0) is 15.2. The van der Waals surface area contributed by atoms with Gasteiger partial charge in [0.15, 0.2) is 5.78 Å². The van der Waals surface area contributed by atoms with Crippen LogP contribution in [0, 0.1) is 6.92 Å². The van der Waals surface area contributed by atoms with Crippen LogP contribution in [0.3, 0.4) is 0 Å². The van der Waals surface area contributed by atoms with Gasteiger partial charge < -0.3 is 9.47 Å². The zero-order valence-corrected chi connectivity index (χ0v) is 12.8. The quantitative estimate of drug-likeness (QED) is 0.589. The van der Waals surface area contributed by atoms with Gasteiger partial charge in [-0.1, -0.05) is 29.8 Å². The summed E-state index contributed by atoms with van der Waals surface area (Å²) >= 11 is 5.93. The molecule has 0 N–H and O–H groups in total. The Morgan fingerprint density at radius 1 is 1.05 bits per heavy atom. The van der Waals surface area contributed by atoms with Gasteiger partial charge in [0.05, 0.1) is 5.56 Å². The molecule has 0 unspecified atom stereocenters. The molecule has 0 heterocycles. The lowest BCUT2D eigenvalue weighted by Crippen LogP contribution is -2.11. The molecule has 0 aromatic heterocycles. The number of benzene rings is 2. The van der Waals surface area contributed by atoms with Crippen molar-refractivity contribution in [2.45, 2.75) is 13.8 Å². The number of para-hydroxylation sites is 1. The normalized spacial score (nSPS) is 10.2. The largest absolute Gasteiger partial charge is 0.490 e. The minimum Gasteiger partial charge on any atom is -0.490 e. The van der Waals surface area contributed by atoms with Crippen LogP contribution in [0.25, 0.3) is 0 Å². The second-order valence-corrected chi connectivity index (χ2v) is 5.10. The predicted octanol–water partition coefficient (Wildman–Crippen LogP) is 4.31. The summed E-state index contributed by atoms with van der Waals surface area (Å²) in [6, 6.07) is 12.7. The maximum atomic E-state index is 11.5. The van der Waals surface area contributed by atoms with Gasteiger partial charge >= 0.3 is 0 Å². The van der Waals surface area contributed by atoms with Crippen molar-refractivity contribution in [3.63, 3.8) is 0 Å².